The molecule has 0 spiro atoms. The van der Waals surface area contributed by atoms with Gasteiger partial charge in [0.1, 0.15) is 5.75 Å². The van der Waals surface area contributed by atoms with Crippen molar-refractivity contribution in [3.63, 3.8) is 0 Å². The molecule has 1 amide bonds. The summed E-state index contributed by atoms with van der Waals surface area (Å²) in [4.78, 5) is 16.1. The van der Waals surface area contributed by atoms with E-state index in [-0.39, 0.29) is 18.1 Å². The molecule has 3 rings (SSSR count). The molecule has 1 aliphatic rings. The Morgan fingerprint density at radius 2 is 2.18 bits per heavy atom. The molecule has 0 aliphatic heterocycles. The Morgan fingerprint density at radius 1 is 1.36 bits per heavy atom. The average molecular weight is 301 g/mol. The molecule has 2 heterocycles. The number of nitrogens with one attached hydrogen (secondary N) is 2. The first-order valence-corrected chi connectivity index (χ1v) is 7.47. The van der Waals surface area contributed by atoms with Crippen LogP contribution in [-0.4, -0.2) is 38.4 Å². The summed E-state index contributed by atoms with van der Waals surface area (Å²) in [6.45, 7) is 1.94. The predicted molar refractivity (Wildman–Crippen MR) is 79.5 cm³/mol. The van der Waals surface area contributed by atoms with Crippen LogP contribution in [0.3, 0.4) is 0 Å². The number of carbonyl (C=O) groups is 1. The van der Waals surface area contributed by atoms with Crippen LogP contribution in [0.1, 0.15) is 41.9 Å². The molecule has 2 aromatic heterocycles. The van der Waals surface area contributed by atoms with Crippen molar-refractivity contribution in [1.82, 2.24) is 25.7 Å². The maximum atomic E-state index is 11.9. The van der Waals surface area contributed by atoms with E-state index in [2.05, 4.69) is 25.7 Å². The van der Waals surface area contributed by atoms with Gasteiger partial charge in [0.25, 0.3) is 5.91 Å². The van der Waals surface area contributed by atoms with Gasteiger partial charge < -0.3 is 10.1 Å². The molecule has 1 aliphatic carbocycles. The first-order chi connectivity index (χ1) is 10.7. The van der Waals surface area contributed by atoms with Gasteiger partial charge in [-0.2, -0.15) is 15.4 Å². The van der Waals surface area contributed by atoms with Gasteiger partial charge in [0.15, 0.2) is 5.69 Å². The summed E-state index contributed by atoms with van der Waals surface area (Å²) < 4.78 is 6.01. The van der Waals surface area contributed by atoms with E-state index in [1.54, 1.807) is 6.20 Å². The summed E-state index contributed by atoms with van der Waals surface area (Å²) in [5.41, 5.74) is 1.23. The van der Waals surface area contributed by atoms with Crippen LogP contribution in [0.5, 0.6) is 5.75 Å². The van der Waals surface area contributed by atoms with Gasteiger partial charge in [0, 0.05) is 12.2 Å². The summed E-state index contributed by atoms with van der Waals surface area (Å²) in [6.07, 6.45) is 6.99. The lowest BCUT2D eigenvalue weighted by Gasteiger charge is -2.29. The van der Waals surface area contributed by atoms with E-state index in [1.165, 1.54) is 6.20 Å². The van der Waals surface area contributed by atoms with E-state index in [0.29, 0.717) is 5.69 Å². The van der Waals surface area contributed by atoms with Crippen molar-refractivity contribution in [3.8, 4) is 5.75 Å². The lowest BCUT2D eigenvalue weighted by Crippen LogP contribution is -2.39. The highest BCUT2D eigenvalue weighted by atomic mass is 16.5. The van der Waals surface area contributed by atoms with Gasteiger partial charge in [-0.05, 0) is 44.7 Å². The topological polar surface area (TPSA) is 92.8 Å². The highest BCUT2D eigenvalue weighted by Gasteiger charge is 2.24. The summed E-state index contributed by atoms with van der Waals surface area (Å²) >= 11 is 0. The van der Waals surface area contributed by atoms with Crippen LogP contribution in [0, 0.1) is 6.92 Å². The second-order valence-electron chi connectivity index (χ2n) is 5.51. The van der Waals surface area contributed by atoms with Crippen molar-refractivity contribution < 1.29 is 9.53 Å². The van der Waals surface area contributed by atoms with Crippen molar-refractivity contribution in [3.05, 3.63) is 35.9 Å². The standard InChI is InChI=1S/C15H19N5O2/c1-10-14(3-2-8-16-10)22-12-6-4-11(5-7-12)18-15(21)13-9-17-20-19-13/h2-3,8-9,11-12H,4-7H2,1H3,(H,18,21)(H,17,19,20). The maximum absolute atomic E-state index is 11.9. The molecule has 0 aromatic carbocycles. The maximum Gasteiger partial charge on any atom is 0.273 e. The third kappa shape index (κ3) is 3.41. The molecular weight excluding hydrogens is 282 g/mol. The number of amides is 1. The van der Waals surface area contributed by atoms with Crippen LogP contribution in [0.2, 0.25) is 0 Å². The third-order valence-corrected chi connectivity index (χ3v) is 3.91. The number of ether oxygens (including phenoxy) is 1. The zero-order valence-corrected chi connectivity index (χ0v) is 12.5. The van der Waals surface area contributed by atoms with E-state index >= 15 is 0 Å². The zero-order chi connectivity index (χ0) is 15.4. The van der Waals surface area contributed by atoms with Crippen LogP contribution in [0.4, 0.5) is 0 Å². The molecule has 0 radical (unpaired) electrons. The van der Waals surface area contributed by atoms with Gasteiger partial charge in [0.2, 0.25) is 0 Å². The molecule has 1 saturated carbocycles. The molecule has 2 N–H and O–H groups in total. The normalized spacial score (nSPS) is 21.3. The van der Waals surface area contributed by atoms with E-state index in [9.17, 15) is 4.79 Å². The number of hydrogen-bond acceptors (Lipinski definition) is 5. The smallest absolute Gasteiger partial charge is 0.273 e. The van der Waals surface area contributed by atoms with Gasteiger partial charge in [-0.25, -0.2) is 0 Å². The van der Waals surface area contributed by atoms with Crippen LogP contribution < -0.4 is 10.1 Å². The Morgan fingerprint density at radius 3 is 2.86 bits per heavy atom. The fraction of sp³-hybridized carbons (Fsp3) is 0.467. The van der Waals surface area contributed by atoms with Gasteiger partial charge in [-0.15, -0.1) is 0 Å². The largest absolute Gasteiger partial charge is 0.489 e. The van der Waals surface area contributed by atoms with E-state index in [0.717, 1.165) is 37.1 Å². The first kappa shape index (κ1) is 14.5. The average Bonchev–Trinajstić information content (AvgIpc) is 3.06. The van der Waals surface area contributed by atoms with Crippen molar-refractivity contribution in [2.75, 3.05) is 0 Å². The minimum atomic E-state index is -0.179. The molecule has 2 aromatic rings. The highest BCUT2D eigenvalue weighted by Crippen LogP contribution is 2.25. The van der Waals surface area contributed by atoms with Gasteiger partial charge in [0.05, 0.1) is 18.0 Å². The van der Waals surface area contributed by atoms with Gasteiger partial charge in [-0.3, -0.25) is 9.78 Å². The Labute approximate surface area is 128 Å². The second-order valence-corrected chi connectivity index (χ2v) is 5.51. The molecule has 0 saturated heterocycles. The van der Waals surface area contributed by atoms with Gasteiger partial charge >= 0.3 is 0 Å². The van der Waals surface area contributed by atoms with Crippen LogP contribution in [0.15, 0.2) is 24.5 Å². The molecule has 7 nitrogen and oxygen atoms in total. The predicted octanol–water partition coefficient (Wildman–Crippen LogP) is 1.63. The quantitative estimate of drug-likeness (QED) is 0.895. The van der Waals surface area contributed by atoms with E-state index in [4.69, 9.17) is 4.74 Å². The molecular formula is C15H19N5O2. The Hall–Kier alpha value is -2.44. The number of hydrogen-bond donors (Lipinski definition) is 2. The first-order valence-electron chi connectivity index (χ1n) is 7.47. The van der Waals surface area contributed by atoms with Crippen molar-refractivity contribution in [1.29, 1.82) is 0 Å². The molecule has 0 unspecified atom stereocenters. The summed E-state index contributed by atoms with van der Waals surface area (Å²) in [7, 11) is 0. The number of pyridine rings is 1. The minimum absolute atomic E-state index is 0.166. The molecule has 0 bridgehead atoms. The number of rotatable bonds is 4. The number of aromatic amines is 1. The minimum Gasteiger partial charge on any atom is -0.489 e. The SMILES string of the molecule is Cc1ncccc1OC1CCC(NC(=O)c2cn[nH]n2)CC1. The number of H-pyrrole nitrogens is 1. The van der Waals surface area contributed by atoms with Crippen LogP contribution in [0.25, 0.3) is 0 Å². The number of carbonyl (C=O) groups excluding carboxylic acids is 1. The number of aromatic nitrogens is 4. The lowest BCUT2D eigenvalue weighted by molar-refractivity contribution is 0.0888. The molecule has 1 fully saturated rings. The van der Waals surface area contributed by atoms with Crippen molar-refractivity contribution >= 4 is 5.91 Å². The fourth-order valence-corrected chi connectivity index (χ4v) is 2.67. The Kier molecular flexibility index (Phi) is 4.32. The van der Waals surface area contributed by atoms with E-state index in [1.807, 2.05) is 19.1 Å². The third-order valence-electron chi connectivity index (χ3n) is 3.91. The van der Waals surface area contributed by atoms with E-state index < -0.39 is 0 Å². The van der Waals surface area contributed by atoms with Crippen molar-refractivity contribution in [2.45, 2.75) is 44.8 Å². The van der Waals surface area contributed by atoms with Crippen LogP contribution >= 0.6 is 0 Å². The summed E-state index contributed by atoms with van der Waals surface area (Å²) in [6, 6.07) is 3.99. The second kappa shape index (κ2) is 6.55. The summed E-state index contributed by atoms with van der Waals surface area (Å²) in [5, 5.41) is 12.9. The summed E-state index contributed by atoms with van der Waals surface area (Å²) in [5.74, 6) is 0.666. The number of nitrogens with zero attached hydrogens (tertiary/aromatic N) is 3. The zero-order valence-electron chi connectivity index (χ0n) is 12.5. The molecule has 0 atom stereocenters. The number of aryl methyl sites for hydroxylation is 1. The molecule has 116 valence electrons. The monoisotopic (exact) mass is 301 g/mol. The molecule has 22 heavy (non-hydrogen) atoms. The molecule has 7 heteroatoms. The van der Waals surface area contributed by atoms with Gasteiger partial charge in [-0.1, -0.05) is 0 Å². The fourth-order valence-electron chi connectivity index (χ4n) is 2.67. The Balaban J connectivity index is 1.48. The Bertz CT molecular complexity index is 621. The highest BCUT2D eigenvalue weighted by molar-refractivity contribution is 5.91. The lowest BCUT2D eigenvalue weighted by atomic mass is 9.93. The van der Waals surface area contributed by atoms with Crippen molar-refractivity contribution in [2.24, 2.45) is 0 Å². The van der Waals surface area contributed by atoms with Crippen LogP contribution in [-0.2, 0) is 0 Å².